The topological polar surface area (TPSA) is 46.5 Å². The van der Waals surface area contributed by atoms with Crippen LogP contribution in [0.25, 0.3) is 0 Å². The zero-order valence-corrected chi connectivity index (χ0v) is 10.2. The van der Waals surface area contributed by atoms with Gasteiger partial charge in [-0.05, 0) is 12.5 Å². The largest absolute Gasteiger partial charge is 0.479 e. The molecular formula is C13H18O3. The van der Waals surface area contributed by atoms with E-state index in [1.54, 1.807) is 6.92 Å². The standard InChI is InChI=1S/C13H18O3/c1-12(2,10-8-6-5-7-9-10)13(3,16-4)11(14)15/h5-9H,1-4H3,(H,14,15). The lowest BCUT2D eigenvalue weighted by molar-refractivity contribution is -0.168. The molecule has 1 aromatic rings. The minimum Gasteiger partial charge on any atom is -0.479 e. The quantitative estimate of drug-likeness (QED) is 0.851. The summed E-state index contributed by atoms with van der Waals surface area (Å²) < 4.78 is 5.22. The van der Waals surface area contributed by atoms with Crippen molar-refractivity contribution in [1.82, 2.24) is 0 Å². The van der Waals surface area contributed by atoms with Crippen LogP contribution >= 0.6 is 0 Å². The molecule has 1 N–H and O–H groups in total. The summed E-state index contributed by atoms with van der Waals surface area (Å²) in [5.74, 6) is -0.955. The summed E-state index contributed by atoms with van der Waals surface area (Å²) in [5.41, 5.74) is -0.898. The van der Waals surface area contributed by atoms with Crippen LogP contribution in [-0.2, 0) is 14.9 Å². The van der Waals surface area contributed by atoms with Gasteiger partial charge in [-0.1, -0.05) is 44.2 Å². The molecular weight excluding hydrogens is 204 g/mol. The van der Waals surface area contributed by atoms with Crippen molar-refractivity contribution < 1.29 is 14.6 Å². The Morgan fingerprint density at radius 1 is 1.19 bits per heavy atom. The Morgan fingerprint density at radius 2 is 1.69 bits per heavy atom. The summed E-state index contributed by atoms with van der Waals surface area (Å²) in [6.07, 6.45) is 0. The van der Waals surface area contributed by atoms with Crippen molar-refractivity contribution in [2.75, 3.05) is 7.11 Å². The van der Waals surface area contributed by atoms with Gasteiger partial charge in [0.25, 0.3) is 0 Å². The van der Waals surface area contributed by atoms with Gasteiger partial charge in [-0.15, -0.1) is 0 Å². The molecule has 0 radical (unpaired) electrons. The summed E-state index contributed by atoms with van der Waals surface area (Å²) in [7, 11) is 1.43. The lowest BCUT2D eigenvalue weighted by Crippen LogP contribution is -2.53. The lowest BCUT2D eigenvalue weighted by Gasteiger charge is -2.40. The number of aliphatic carboxylic acids is 1. The molecule has 1 rings (SSSR count). The highest BCUT2D eigenvalue weighted by Crippen LogP contribution is 2.37. The zero-order valence-electron chi connectivity index (χ0n) is 10.2. The molecule has 0 aromatic heterocycles. The van der Waals surface area contributed by atoms with E-state index in [0.29, 0.717) is 0 Å². The van der Waals surface area contributed by atoms with Crippen LogP contribution in [0, 0.1) is 0 Å². The van der Waals surface area contributed by atoms with Crippen LogP contribution in [-0.4, -0.2) is 23.8 Å². The van der Waals surface area contributed by atoms with Crippen LogP contribution in [0.15, 0.2) is 30.3 Å². The van der Waals surface area contributed by atoms with E-state index in [4.69, 9.17) is 4.74 Å². The van der Waals surface area contributed by atoms with E-state index in [1.807, 2.05) is 44.2 Å². The third-order valence-corrected chi connectivity index (χ3v) is 3.50. The summed E-state index contributed by atoms with van der Waals surface area (Å²) in [4.78, 5) is 11.3. The first-order chi connectivity index (χ1) is 7.36. The number of rotatable bonds is 4. The van der Waals surface area contributed by atoms with Crippen LogP contribution in [0.3, 0.4) is 0 Å². The fourth-order valence-electron chi connectivity index (χ4n) is 1.74. The molecule has 0 aliphatic heterocycles. The molecule has 0 fully saturated rings. The van der Waals surface area contributed by atoms with Crippen molar-refractivity contribution in [2.24, 2.45) is 0 Å². The fraction of sp³-hybridized carbons (Fsp3) is 0.462. The van der Waals surface area contributed by atoms with E-state index >= 15 is 0 Å². The molecule has 0 heterocycles. The van der Waals surface area contributed by atoms with Crippen LogP contribution in [0.2, 0.25) is 0 Å². The number of carboxylic acids is 1. The maximum Gasteiger partial charge on any atom is 0.336 e. The summed E-state index contributed by atoms with van der Waals surface area (Å²) in [5, 5.41) is 9.30. The molecule has 0 saturated carbocycles. The van der Waals surface area contributed by atoms with Crippen molar-refractivity contribution in [3.8, 4) is 0 Å². The summed E-state index contributed by atoms with van der Waals surface area (Å²) in [6, 6.07) is 9.54. The molecule has 0 bridgehead atoms. The van der Waals surface area contributed by atoms with Gasteiger partial charge in [0.05, 0.1) is 0 Å². The minimum absolute atomic E-state index is 0.602. The normalized spacial score (nSPS) is 15.5. The predicted molar refractivity (Wildman–Crippen MR) is 62.5 cm³/mol. The third kappa shape index (κ3) is 1.83. The van der Waals surface area contributed by atoms with Gasteiger partial charge < -0.3 is 9.84 Å². The summed E-state index contributed by atoms with van der Waals surface area (Å²) >= 11 is 0. The molecule has 1 aromatic carbocycles. The van der Waals surface area contributed by atoms with Gasteiger partial charge in [-0.2, -0.15) is 0 Å². The molecule has 0 aliphatic rings. The number of carbonyl (C=O) groups is 1. The Bertz CT molecular complexity index is 370. The average Bonchev–Trinajstić information content (AvgIpc) is 2.28. The number of methoxy groups -OCH3 is 1. The second-order valence-corrected chi connectivity index (χ2v) is 4.53. The Labute approximate surface area is 96.1 Å². The first-order valence-corrected chi connectivity index (χ1v) is 5.20. The molecule has 0 saturated heterocycles. The maximum atomic E-state index is 11.3. The van der Waals surface area contributed by atoms with E-state index in [9.17, 15) is 9.90 Å². The van der Waals surface area contributed by atoms with Crippen molar-refractivity contribution in [2.45, 2.75) is 31.8 Å². The lowest BCUT2D eigenvalue weighted by atomic mass is 9.71. The Balaban J connectivity index is 3.24. The van der Waals surface area contributed by atoms with Gasteiger partial charge in [-0.25, -0.2) is 4.79 Å². The van der Waals surface area contributed by atoms with Crippen molar-refractivity contribution in [3.63, 3.8) is 0 Å². The minimum atomic E-state index is -1.24. The molecule has 0 aliphatic carbocycles. The monoisotopic (exact) mass is 222 g/mol. The highest BCUT2D eigenvalue weighted by molar-refractivity contribution is 5.79. The number of hydrogen-bond donors (Lipinski definition) is 1. The zero-order chi connectivity index (χ0) is 12.4. The maximum absolute atomic E-state index is 11.3. The first kappa shape index (κ1) is 12.7. The Kier molecular flexibility index (Phi) is 3.38. The molecule has 3 nitrogen and oxygen atoms in total. The highest BCUT2D eigenvalue weighted by atomic mass is 16.5. The van der Waals surface area contributed by atoms with Gasteiger partial charge in [-0.3, -0.25) is 0 Å². The highest BCUT2D eigenvalue weighted by Gasteiger charge is 2.48. The predicted octanol–water partition coefficient (Wildman–Crippen LogP) is 2.45. The number of benzene rings is 1. The van der Waals surface area contributed by atoms with Crippen LogP contribution < -0.4 is 0 Å². The number of carboxylic acid groups (broad SMARTS) is 1. The van der Waals surface area contributed by atoms with Gasteiger partial charge in [0.15, 0.2) is 5.60 Å². The molecule has 3 heteroatoms. The van der Waals surface area contributed by atoms with Crippen molar-refractivity contribution >= 4 is 5.97 Å². The van der Waals surface area contributed by atoms with E-state index < -0.39 is 17.0 Å². The van der Waals surface area contributed by atoms with Crippen LogP contribution in [0.1, 0.15) is 26.3 Å². The van der Waals surface area contributed by atoms with Crippen LogP contribution in [0.5, 0.6) is 0 Å². The molecule has 1 atom stereocenters. The molecule has 0 amide bonds. The molecule has 1 unspecified atom stereocenters. The van der Waals surface area contributed by atoms with Gasteiger partial charge in [0.1, 0.15) is 0 Å². The summed E-state index contributed by atoms with van der Waals surface area (Å²) in [6.45, 7) is 5.35. The van der Waals surface area contributed by atoms with Gasteiger partial charge in [0.2, 0.25) is 0 Å². The first-order valence-electron chi connectivity index (χ1n) is 5.20. The Hall–Kier alpha value is -1.35. The Morgan fingerprint density at radius 3 is 2.06 bits per heavy atom. The van der Waals surface area contributed by atoms with E-state index in [2.05, 4.69) is 0 Å². The molecule has 88 valence electrons. The van der Waals surface area contributed by atoms with Gasteiger partial charge in [0, 0.05) is 12.5 Å². The number of hydrogen-bond acceptors (Lipinski definition) is 2. The second-order valence-electron chi connectivity index (χ2n) is 4.53. The fourth-order valence-corrected chi connectivity index (χ4v) is 1.74. The molecule has 0 spiro atoms. The number of ether oxygens (including phenoxy) is 1. The molecule has 16 heavy (non-hydrogen) atoms. The van der Waals surface area contributed by atoms with Gasteiger partial charge >= 0.3 is 5.97 Å². The van der Waals surface area contributed by atoms with Crippen molar-refractivity contribution in [1.29, 1.82) is 0 Å². The van der Waals surface area contributed by atoms with E-state index in [1.165, 1.54) is 7.11 Å². The smallest absolute Gasteiger partial charge is 0.336 e. The second kappa shape index (κ2) is 4.26. The van der Waals surface area contributed by atoms with E-state index in [0.717, 1.165) is 5.56 Å². The SMILES string of the molecule is COC(C)(C(=O)O)C(C)(C)c1ccccc1. The van der Waals surface area contributed by atoms with Crippen molar-refractivity contribution in [3.05, 3.63) is 35.9 Å². The third-order valence-electron chi connectivity index (χ3n) is 3.50. The van der Waals surface area contributed by atoms with E-state index in [-0.39, 0.29) is 0 Å². The van der Waals surface area contributed by atoms with Crippen LogP contribution in [0.4, 0.5) is 0 Å². The average molecular weight is 222 g/mol.